The molecule has 0 amide bonds. The lowest BCUT2D eigenvalue weighted by molar-refractivity contribution is 0.166. The maximum absolute atomic E-state index is 6.09. The van der Waals surface area contributed by atoms with Crippen LogP contribution in [-0.4, -0.2) is 40.1 Å². The molecule has 4 nitrogen and oxygen atoms in total. The summed E-state index contributed by atoms with van der Waals surface area (Å²) in [4.78, 5) is 0. The summed E-state index contributed by atoms with van der Waals surface area (Å²) >= 11 is 3.56. The van der Waals surface area contributed by atoms with Gasteiger partial charge in [-0.15, -0.1) is 0 Å². The van der Waals surface area contributed by atoms with E-state index in [1.54, 1.807) is 7.11 Å². The Hall–Kier alpha value is -0.620. The number of ether oxygens (including phenoxy) is 3. The van der Waals surface area contributed by atoms with Gasteiger partial charge in [-0.3, -0.25) is 0 Å². The van der Waals surface area contributed by atoms with Gasteiger partial charge >= 0.3 is 0 Å². The molecule has 1 unspecified atom stereocenters. The minimum Gasteiger partial charge on any atom is -0.493 e. The molecule has 0 aromatic heterocycles. The Balaban J connectivity index is 1.98. The summed E-state index contributed by atoms with van der Waals surface area (Å²) in [6, 6.07) is 4.21. The Morgan fingerprint density at radius 3 is 3.00 bits per heavy atom. The number of halogens is 1. The van der Waals surface area contributed by atoms with Gasteiger partial charge in [0.2, 0.25) is 0 Å². The minimum absolute atomic E-state index is 0.516. The van der Waals surface area contributed by atoms with Gasteiger partial charge in [-0.05, 0) is 31.0 Å². The fourth-order valence-electron chi connectivity index (χ4n) is 2.45. The van der Waals surface area contributed by atoms with Gasteiger partial charge in [-0.2, -0.15) is 0 Å². The standard InChI is InChI=1S/C16H24BrNO3/c1-12-7-15(17)8-14(9-18-4-6-19-2)16(12)21-11-13-3-5-20-10-13/h7-8,13,18H,3-6,9-11H2,1-2H3. The van der Waals surface area contributed by atoms with E-state index in [1.807, 2.05) is 0 Å². The van der Waals surface area contributed by atoms with Crippen LogP contribution in [0.4, 0.5) is 0 Å². The maximum atomic E-state index is 6.09. The van der Waals surface area contributed by atoms with Crippen LogP contribution in [0.5, 0.6) is 5.75 Å². The first-order chi connectivity index (χ1) is 10.2. The first-order valence-electron chi connectivity index (χ1n) is 7.40. The summed E-state index contributed by atoms with van der Waals surface area (Å²) < 4.78 is 17.6. The predicted molar refractivity (Wildman–Crippen MR) is 86.9 cm³/mol. The van der Waals surface area contributed by atoms with Crippen LogP contribution in [0.15, 0.2) is 16.6 Å². The van der Waals surface area contributed by atoms with E-state index in [0.717, 1.165) is 55.1 Å². The molecule has 0 spiro atoms. The van der Waals surface area contributed by atoms with Crippen molar-refractivity contribution in [1.29, 1.82) is 0 Å². The molecule has 21 heavy (non-hydrogen) atoms. The summed E-state index contributed by atoms with van der Waals surface area (Å²) in [5, 5.41) is 3.37. The molecule has 1 N–H and O–H groups in total. The lowest BCUT2D eigenvalue weighted by atomic mass is 10.1. The first kappa shape index (κ1) is 16.7. The van der Waals surface area contributed by atoms with Crippen molar-refractivity contribution < 1.29 is 14.2 Å². The number of rotatable bonds is 8. The van der Waals surface area contributed by atoms with Crippen LogP contribution in [0.1, 0.15) is 17.5 Å². The Labute approximate surface area is 135 Å². The molecule has 1 fully saturated rings. The fourth-order valence-corrected chi connectivity index (χ4v) is 3.07. The van der Waals surface area contributed by atoms with Crippen molar-refractivity contribution in [2.24, 2.45) is 5.92 Å². The average Bonchev–Trinajstić information content (AvgIpc) is 2.95. The summed E-state index contributed by atoms with van der Waals surface area (Å²) in [6.07, 6.45) is 1.09. The molecule has 0 saturated carbocycles. The van der Waals surface area contributed by atoms with E-state index in [4.69, 9.17) is 14.2 Å². The van der Waals surface area contributed by atoms with Gasteiger partial charge in [0.15, 0.2) is 0 Å². The fraction of sp³-hybridized carbons (Fsp3) is 0.625. The molecule has 2 rings (SSSR count). The van der Waals surface area contributed by atoms with E-state index >= 15 is 0 Å². The molecular formula is C16H24BrNO3. The molecule has 1 aliphatic heterocycles. The van der Waals surface area contributed by atoms with Gasteiger partial charge in [0, 0.05) is 42.8 Å². The highest BCUT2D eigenvalue weighted by molar-refractivity contribution is 9.10. The molecule has 1 atom stereocenters. The number of hydrogen-bond donors (Lipinski definition) is 1. The highest BCUT2D eigenvalue weighted by Crippen LogP contribution is 2.29. The van der Waals surface area contributed by atoms with Crippen LogP contribution in [0.3, 0.4) is 0 Å². The van der Waals surface area contributed by atoms with Crippen molar-refractivity contribution in [2.45, 2.75) is 19.9 Å². The zero-order valence-electron chi connectivity index (χ0n) is 12.8. The summed E-state index contributed by atoms with van der Waals surface area (Å²) in [7, 11) is 1.71. The second-order valence-corrected chi connectivity index (χ2v) is 6.34. The van der Waals surface area contributed by atoms with Crippen molar-refractivity contribution in [2.75, 3.05) is 40.1 Å². The SMILES string of the molecule is COCCNCc1cc(Br)cc(C)c1OCC1CCOC1. The molecule has 1 aromatic carbocycles. The molecule has 1 saturated heterocycles. The van der Waals surface area contributed by atoms with Crippen LogP contribution < -0.4 is 10.1 Å². The third-order valence-corrected chi connectivity index (χ3v) is 4.06. The van der Waals surface area contributed by atoms with Gasteiger partial charge in [0.25, 0.3) is 0 Å². The van der Waals surface area contributed by atoms with E-state index in [2.05, 4.69) is 40.3 Å². The second kappa shape index (κ2) is 8.73. The zero-order valence-corrected chi connectivity index (χ0v) is 14.4. The largest absolute Gasteiger partial charge is 0.493 e. The van der Waals surface area contributed by atoms with E-state index in [0.29, 0.717) is 12.5 Å². The van der Waals surface area contributed by atoms with Gasteiger partial charge < -0.3 is 19.5 Å². The Morgan fingerprint density at radius 2 is 2.29 bits per heavy atom. The molecule has 1 heterocycles. The number of aryl methyl sites for hydroxylation is 1. The minimum atomic E-state index is 0.516. The molecule has 1 aliphatic rings. The molecule has 118 valence electrons. The lowest BCUT2D eigenvalue weighted by Gasteiger charge is -2.17. The van der Waals surface area contributed by atoms with E-state index in [1.165, 1.54) is 5.56 Å². The predicted octanol–water partition coefficient (Wildman–Crippen LogP) is 2.91. The number of methoxy groups -OCH3 is 1. The molecule has 1 aromatic rings. The van der Waals surface area contributed by atoms with Crippen LogP contribution in [0, 0.1) is 12.8 Å². The van der Waals surface area contributed by atoms with Crippen molar-refractivity contribution in [3.05, 3.63) is 27.7 Å². The molecule has 0 bridgehead atoms. The van der Waals surface area contributed by atoms with Crippen molar-refractivity contribution >= 4 is 15.9 Å². The molecule has 0 aliphatic carbocycles. The van der Waals surface area contributed by atoms with Gasteiger partial charge in [0.05, 0.1) is 19.8 Å². The first-order valence-corrected chi connectivity index (χ1v) is 8.19. The lowest BCUT2D eigenvalue weighted by Crippen LogP contribution is -2.20. The average molecular weight is 358 g/mol. The topological polar surface area (TPSA) is 39.7 Å². The number of hydrogen-bond acceptors (Lipinski definition) is 4. The van der Waals surface area contributed by atoms with Gasteiger partial charge in [-0.25, -0.2) is 0 Å². The second-order valence-electron chi connectivity index (χ2n) is 5.42. The van der Waals surface area contributed by atoms with Crippen LogP contribution >= 0.6 is 15.9 Å². The number of nitrogens with one attached hydrogen (secondary N) is 1. The quantitative estimate of drug-likeness (QED) is 0.726. The Bertz CT molecular complexity index is 447. The highest BCUT2D eigenvalue weighted by atomic mass is 79.9. The number of benzene rings is 1. The van der Waals surface area contributed by atoms with Gasteiger partial charge in [0.1, 0.15) is 5.75 Å². The van der Waals surface area contributed by atoms with Crippen LogP contribution in [0.25, 0.3) is 0 Å². The van der Waals surface area contributed by atoms with Crippen LogP contribution in [0.2, 0.25) is 0 Å². The molecule has 0 radical (unpaired) electrons. The van der Waals surface area contributed by atoms with E-state index in [9.17, 15) is 0 Å². The Morgan fingerprint density at radius 1 is 1.43 bits per heavy atom. The van der Waals surface area contributed by atoms with E-state index < -0.39 is 0 Å². The van der Waals surface area contributed by atoms with Crippen molar-refractivity contribution in [3.63, 3.8) is 0 Å². The summed E-state index contributed by atoms with van der Waals surface area (Å²) in [5.41, 5.74) is 2.34. The van der Waals surface area contributed by atoms with Crippen molar-refractivity contribution in [3.8, 4) is 5.75 Å². The normalized spacial score (nSPS) is 18.1. The summed E-state index contributed by atoms with van der Waals surface area (Å²) in [6.45, 7) is 6.81. The molecular weight excluding hydrogens is 334 g/mol. The van der Waals surface area contributed by atoms with Crippen LogP contribution in [-0.2, 0) is 16.0 Å². The zero-order chi connectivity index (χ0) is 15.1. The van der Waals surface area contributed by atoms with Gasteiger partial charge in [-0.1, -0.05) is 15.9 Å². The highest BCUT2D eigenvalue weighted by Gasteiger charge is 2.18. The third kappa shape index (κ3) is 5.25. The summed E-state index contributed by atoms with van der Waals surface area (Å²) in [5.74, 6) is 1.51. The monoisotopic (exact) mass is 357 g/mol. The Kier molecular flexibility index (Phi) is 6.96. The smallest absolute Gasteiger partial charge is 0.126 e. The maximum Gasteiger partial charge on any atom is 0.126 e. The van der Waals surface area contributed by atoms with Crippen molar-refractivity contribution in [1.82, 2.24) is 5.32 Å². The van der Waals surface area contributed by atoms with E-state index in [-0.39, 0.29) is 0 Å². The molecule has 5 heteroatoms. The third-order valence-electron chi connectivity index (χ3n) is 3.60.